The van der Waals surface area contributed by atoms with Crippen molar-refractivity contribution in [1.29, 1.82) is 5.26 Å². The van der Waals surface area contributed by atoms with Gasteiger partial charge in [0.05, 0.1) is 6.07 Å². The van der Waals surface area contributed by atoms with Gasteiger partial charge in [-0.25, -0.2) is 0 Å². The maximum atomic E-state index is 12.1. The molecule has 0 atom stereocenters. The van der Waals surface area contributed by atoms with Gasteiger partial charge in [-0.1, -0.05) is 141 Å². The van der Waals surface area contributed by atoms with Gasteiger partial charge in [0.25, 0.3) is 0 Å². The first-order chi connectivity index (χ1) is 22.6. The molecule has 0 amide bonds. The third kappa shape index (κ3) is 34.5. The summed E-state index contributed by atoms with van der Waals surface area (Å²) in [5.41, 5.74) is 0.512. The van der Waals surface area contributed by atoms with Gasteiger partial charge in [0.1, 0.15) is 13.2 Å². The van der Waals surface area contributed by atoms with E-state index in [-0.39, 0.29) is 25.2 Å². The monoisotopic (exact) mass is 642 g/mol. The Labute approximate surface area is 284 Å². The Balaban J connectivity index is 3.69. The largest absolute Gasteiger partial charge is 0.461 e. The second kappa shape index (κ2) is 37.1. The normalized spacial score (nSPS) is 11.2. The van der Waals surface area contributed by atoms with Gasteiger partial charge in [-0.15, -0.1) is 0 Å². The van der Waals surface area contributed by atoms with E-state index in [4.69, 9.17) is 14.7 Å². The highest BCUT2D eigenvalue weighted by Crippen LogP contribution is 2.12. The van der Waals surface area contributed by atoms with Crippen LogP contribution in [0, 0.1) is 11.3 Å². The predicted molar refractivity (Wildman–Crippen MR) is 195 cm³/mol. The fourth-order valence-corrected chi connectivity index (χ4v) is 5.39. The molecule has 46 heavy (non-hydrogen) atoms. The molecule has 0 aliphatic heterocycles. The van der Waals surface area contributed by atoms with Crippen molar-refractivity contribution in [1.82, 2.24) is 0 Å². The number of ether oxygens (including phenoxy) is 2. The van der Waals surface area contributed by atoms with Crippen LogP contribution in [0.4, 0.5) is 0 Å². The Morgan fingerprint density at radius 2 is 0.783 bits per heavy atom. The highest BCUT2D eigenvalue weighted by Gasteiger charge is 2.09. The predicted octanol–water partition coefficient (Wildman–Crippen LogP) is 12.6. The fourth-order valence-electron chi connectivity index (χ4n) is 5.39. The quantitative estimate of drug-likeness (QED) is 0.0302. The molecule has 0 fully saturated rings. The lowest BCUT2D eigenvalue weighted by Crippen LogP contribution is -2.13. The molecule has 264 valence electrons. The minimum atomic E-state index is -0.263. The molecule has 5 heteroatoms. The Morgan fingerprint density at radius 3 is 1.11 bits per heavy atom. The van der Waals surface area contributed by atoms with E-state index in [1.165, 1.54) is 122 Å². The Hall–Kier alpha value is -2.35. The molecule has 0 aromatic heterocycles. The van der Waals surface area contributed by atoms with Gasteiger partial charge < -0.3 is 9.47 Å². The third-order valence-electron chi connectivity index (χ3n) is 8.39. The molecule has 0 saturated heterocycles. The van der Waals surface area contributed by atoms with Gasteiger partial charge in [-0.05, 0) is 64.2 Å². The van der Waals surface area contributed by atoms with Crippen molar-refractivity contribution < 1.29 is 19.1 Å². The maximum Gasteiger partial charge on any atom is 0.306 e. The lowest BCUT2D eigenvalue weighted by molar-refractivity contribution is -0.144. The highest BCUT2D eigenvalue weighted by atomic mass is 16.5. The minimum Gasteiger partial charge on any atom is -0.461 e. The molecule has 0 heterocycles. The lowest BCUT2D eigenvalue weighted by atomic mass is 10.1. The van der Waals surface area contributed by atoms with Crippen LogP contribution < -0.4 is 0 Å². The standard InChI is InChI=1S/C41H71NO4/c1-3-5-7-9-11-13-15-17-19-21-23-25-27-29-31-33-40(43)45-37-39(35-36-42)38-46-41(44)34-32-30-28-26-24-22-20-18-16-14-12-10-8-6-4-2/h17-20,35H,3-16,21-34,37-38H2,1-2H3. The van der Waals surface area contributed by atoms with Crippen LogP contribution in [0.2, 0.25) is 0 Å². The van der Waals surface area contributed by atoms with Crippen LogP contribution in [0.25, 0.3) is 0 Å². The molecule has 0 aliphatic rings. The molecule has 0 bridgehead atoms. The summed E-state index contributed by atoms with van der Waals surface area (Å²) in [6.07, 6.45) is 43.0. The summed E-state index contributed by atoms with van der Waals surface area (Å²) < 4.78 is 10.7. The summed E-state index contributed by atoms with van der Waals surface area (Å²) in [6, 6.07) is 1.96. The second-order valence-electron chi connectivity index (χ2n) is 12.9. The SMILES string of the molecule is CCCCCCCCC=CCCCCCCCC(=O)OCC(=CC#N)COC(=O)CCCCCCCC=CCCCCCCCC. The molecule has 0 saturated carbocycles. The number of nitriles is 1. The summed E-state index contributed by atoms with van der Waals surface area (Å²) in [5, 5.41) is 9.06. The molecule has 0 spiro atoms. The minimum absolute atomic E-state index is 0.00183. The first-order valence-electron chi connectivity index (χ1n) is 19.3. The molecule has 0 rings (SSSR count). The number of allylic oxidation sites excluding steroid dienone is 5. The fraction of sp³-hybridized carbons (Fsp3) is 0.780. The van der Waals surface area contributed by atoms with Crippen molar-refractivity contribution in [2.75, 3.05) is 13.2 Å². The van der Waals surface area contributed by atoms with E-state index < -0.39 is 0 Å². The molecule has 0 aromatic carbocycles. The molecule has 0 N–H and O–H groups in total. The van der Waals surface area contributed by atoms with Crippen LogP contribution in [0.5, 0.6) is 0 Å². The first-order valence-corrected chi connectivity index (χ1v) is 19.3. The first kappa shape index (κ1) is 43.6. The highest BCUT2D eigenvalue weighted by molar-refractivity contribution is 5.70. The van der Waals surface area contributed by atoms with E-state index in [2.05, 4.69) is 38.2 Å². The van der Waals surface area contributed by atoms with Crippen LogP contribution >= 0.6 is 0 Å². The van der Waals surface area contributed by atoms with Crippen LogP contribution in [0.1, 0.15) is 194 Å². The number of hydrogen-bond acceptors (Lipinski definition) is 5. The van der Waals surface area contributed by atoms with Crippen LogP contribution in [-0.2, 0) is 19.1 Å². The molecule has 0 aliphatic carbocycles. The zero-order valence-corrected chi connectivity index (χ0v) is 30.2. The number of carbonyl (C=O) groups excluding carboxylic acids is 2. The van der Waals surface area contributed by atoms with Crippen molar-refractivity contribution >= 4 is 11.9 Å². The van der Waals surface area contributed by atoms with Crippen LogP contribution in [0.15, 0.2) is 36.0 Å². The van der Waals surface area contributed by atoms with Crippen molar-refractivity contribution in [3.05, 3.63) is 36.0 Å². The summed E-state index contributed by atoms with van der Waals surface area (Å²) in [5.74, 6) is -0.526. The van der Waals surface area contributed by atoms with Gasteiger partial charge >= 0.3 is 11.9 Å². The second-order valence-corrected chi connectivity index (χ2v) is 12.9. The third-order valence-corrected chi connectivity index (χ3v) is 8.39. The topological polar surface area (TPSA) is 76.4 Å². The van der Waals surface area contributed by atoms with Gasteiger partial charge in [-0.2, -0.15) is 5.26 Å². The molecule has 5 nitrogen and oxygen atoms in total. The van der Waals surface area contributed by atoms with Crippen molar-refractivity contribution in [2.24, 2.45) is 0 Å². The number of hydrogen-bond donors (Lipinski definition) is 0. The zero-order valence-electron chi connectivity index (χ0n) is 30.2. The van der Waals surface area contributed by atoms with E-state index in [0.29, 0.717) is 18.4 Å². The lowest BCUT2D eigenvalue weighted by Gasteiger charge is -2.09. The van der Waals surface area contributed by atoms with Gasteiger partial charge in [0.15, 0.2) is 0 Å². The van der Waals surface area contributed by atoms with E-state index >= 15 is 0 Å². The molecule has 0 radical (unpaired) electrons. The zero-order chi connectivity index (χ0) is 33.6. The van der Waals surface area contributed by atoms with E-state index in [1.807, 2.05) is 6.07 Å². The Bertz CT molecular complexity index is 765. The molecular formula is C41H71NO4. The summed E-state index contributed by atoms with van der Waals surface area (Å²) in [6.45, 7) is 4.51. The van der Waals surface area contributed by atoms with Crippen molar-refractivity contribution in [3.63, 3.8) is 0 Å². The summed E-state index contributed by atoms with van der Waals surface area (Å²) in [7, 11) is 0. The van der Waals surface area contributed by atoms with Crippen LogP contribution in [-0.4, -0.2) is 25.2 Å². The van der Waals surface area contributed by atoms with Gasteiger partial charge in [-0.3, -0.25) is 9.59 Å². The van der Waals surface area contributed by atoms with Crippen molar-refractivity contribution in [3.8, 4) is 6.07 Å². The van der Waals surface area contributed by atoms with E-state index in [1.54, 1.807) is 0 Å². The number of rotatable bonds is 34. The van der Waals surface area contributed by atoms with E-state index in [0.717, 1.165) is 51.4 Å². The smallest absolute Gasteiger partial charge is 0.306 e. The Morgan fingerprint density at radius 1 is 0.478 bits per heavy atom. The van der Waals surface area contributed by atoms with Crippen LogP contribution in [0.3, 0.4) is 0 Å². The average Bonchev–Trinajstić information content (AvgIpc) is 3.06. The molecule has 0 aromatic rings. The van der Waals surface area contributed by atoms with Gasteiger partial charge in [0.2, 0.25) is 0 Å². The average molecular weight is 642 g/mol. The number of esters is 2. The van der Waals surface area contributed by atoms with Gasteiger partial charge in [0, 0.05) is 24.5 Å². The van der Waals surface area contributed by atoms with E-state index in [9.17, 15) is 9.59 Å². The summed E-state index contributed by atoms with van der Waals surface area (Å²) in [4.78, 5) is 24.3. The molecular weight excluding hydrogens is 570 g/mol. The van der Waals surface area contributed by atoms with Crippen molar-refractivity contribution in [2.45, 2.75) is 194 Å². The number of carbonyl (C=O) groups is 2. The maximum absolute atomic E-state index is 12.1. The number of unbranched alkanes of at least 4 members (excludes halogenated alkanes) is 22. The Kier molecular flexibility index (Phi) is 35.2. The molecule has 0 unspecified atom stereocenters. The number of nitrogens with zero attached hydrogens (tertiary/aromatic N) is 1. The summed E-state index contributed by atoms with van der Waals surface area (Å²) >= 11 is 0.